The Morgan fingerprint density at radius 3 is 2.83 bits per heavy atom. The van der Waals surface area contributed by atoms with Crippen molar-refractivity contribution in [2.75, 3.05) is 25.5 Å². The zero-order valence-corrected chi connectivity index (χ0v) is 10.6. The Kier molecular flexibility index (Phi) is 3.17. The number of rotatable bonds is 1. The van der Waals surface area contributed by atoms with Gasteiger partial charge in [0.05, 0.1) is 24.4 Å². The maximum atomic E-state index is 12.4. The van der Waals surface area contributed by atoms with Gasteiger partial charge in [0.2, 0.25) is 0 Å². The van der Waals surface area contributed by atoms with E-state index in [9.17, 15) is 9.90 Å². The second-order valence-electron chi connectivity index (χ2n) is 5.10. The van der Waals surface area contributed by atoms with Crippen LogP contribution in [-0.4, -0.2) is 41.2 Å². The molecule has 1 amide bonds. The summed E-state index contributed by atoms with van der Waals surface area (Å²) in [5, 5.41) is 9.56. The van der Waals surface area contributed by atoms with Gasteiger partial charge in [-0.3, -0.25) is 4.79 Å². The molecule has 5 nitrogen and oxygen atoms in total. The molecule has 0 atom stereocenters. The number of carbonyl (C=O) groups excluding carboxylic acids is 1. The number of benzene rings is 1. The van der Waals surface area contributed by atoms with Gasteiger partial charge in [-0.2, -0.15) is 0 Å². The molecule has 98 valence electrons. The molecule has 0 radical (unpaired) electrons. The Labute approximate surface area is 106 Å². The van der Waals surface area contributed by atoms with Gasteiger partial charge in [0.25, 0.3) is 5.91 Å². The molecule has 5 heteroatoms. The number of hydrogen-bond acceptors (Lipinski definition) is 4. The third-order valence-corrected chi connectivity index (χ3v) is 3.17. The molecule has 0 aromatic heterocycles. The van der Waals surface area contributed by atoms with E-state index in [1.165, 1.54) is 12.1 Å². The summed E-state index contributed by atoms with van der Waals surface area (Å²) in [4.78, 5) is 14.2. The molecule has 1 saturated heterocycles. The minimum atomic E-state index is -0.341. The van der Waals surface area contributed by atoms with Crippen molar-refractivity contribution in [3.05, 3.63) is 23.8 Å². The summed E-state index contributed by atoms with van der Waals surface area (Å²) >= 11 is 0. The molecule has 2 rings (SSSR count). The van der Waals surface area contributed by atoms with Crippen molar-refractivity contribution in [1.29, 1.82) is 0 Å². The van der Waals surface area contributed by atoms with Gasteiger partial charge >= 0.3 is 0 Å². The summed E-state index contributed by atoms with van der Waals surface area (Å²) < 4.78 is 5.38. The summed E-state index contributed by atoms with van der Waals surface area (Å²) in [5.74, 6) is -0.175. The molecular weight excluding hydrogens is 232 g/mol. The van der Waals surface area contributed by atoms with Crippen LogP contribution in [0, 0.1) is 0 Å². The third kappa shape index (κ3) is 2.26. The third-order valence-electron chi connectivity index (χ3n) is 3.17. The number of amides is 1. The van der Waals surface area contributed by atoms with Crippen molar-refractivity contribution in [2.45, 2.75) is 19.4 Å². The van der Waals surface area contributed by atoms with E-state index in [1.54, 1.807) is 11.0 Å². The van der Waals surface area contributed by atoms with Crippen LogP contribution in [0.3, 0.4) is 0 Å². The molecule has 0 spiro atoms. The first-order chi connectivity index (χ1) is 8.42. The minimum absolute atomic E-state index is 0.0630. The monoisotopic (exact) mass is 250 g/mol. The molecular formula is C13H18N2O3. The van der Waals surface area contributed by atoms with E-state index in [4.69, 9.17) is 10.5 Å². The van der Waals surface area contributed by atoms with Crippen LogP contribution in [0.5, 0.6) is 5.75 Å². The minimum Gasteiger partial charge on any atom is -0.506 e. The number of morpholine rings is 1. The Balaban J connectivity index is 2.27. The maximum Gasteiger partial charge on any atom is 0.254 e. The van der Waals surface area contributed by atoms with Crippen molar-refractivity contribution in [2.24, 2.45) is 0 Å². The van der Waals surface area contributed by atoms with Gasteiger partial charge in [-0.25, -0.2) is 0 Å². The molecule has 1 aliphatic rings. The fourth-order valence-electron chi connectivity index (χ4n) is 2.07. The number of hydrogen-bond donors (Lipinski definition) is 2. The van der Waals surface area contributed by atoms with E-state index in [2.05, 4.69) is 0 Å². The van der Waals surface area contributed by atoms with Gasteiger partial charge < -0.3 is 20.5 Å². The molecule has 1 heterocycles. The van der Waals surface area contributed by atoms with Gasteiger partial charge in [0.15, 0.2) is 0 Å². The number of aromatic hydroxyl groups is 1. The quantitative estimate of drug-likeness (QED) is 0.580. The van der Waals surface area contributed by atoms with Crippen molar-refractivity contribution in [3.63, 3.8) is 0 Å². The lowest BCUT2D eigenvalue weighted by atomic mass is 10.0. The Morgan fingerprint density at radius 2 is 2.22 bits per heavy atom. The first-order valence-electron chi connectivity index (χ1n) is 5.90. The second kappa shape index (κ2) is 4.49. The Morgan fingerprint density at radius 1 is 1.50 bits per heavy atom. The van der Waals surface area contributed by atoms with Crippen LogP contribution in [0.2, 0.25) is 0 Å². The first-order valence-corrected chi connectivity index (χ1v) is 5.90. The summed E-state index contributed by atoms with van der Waals surface area (Å²) in [7, 11) is 0. The number of nitrogens with two attached hydrogens (primary N) is 1. The molecule has 0 unspecified atom stereocenters. The number of anilines is 1. The van der Waals surface area contributed by atoms with Crippen molar-refractivity contribution >= 4 is 11.6 Å². The van der Waals surface area contributed by atoms with Crippen molar-refractivity contribution in [1.82, 2.24) is 4.90 Å². The smallest absolute Gasteiger partial charge is 0.254 e. The molecule has 0 bridgehead atoms. The molecule has 1 aromatic carbocycles. The topological polar surface area (TPSA) is 75.8 Å². The van der Waals surface area contributed by atoms with E-state index in [0.717, 1.165) is 0 Å². The highest BCUT2D eigenvalue weighted by atomic mass is 16.5. The SMILES string of the molecule is CC1(C)COCCN1C(=O)c1ccc(N)c(O)c1. The fraction of sp³-hybridized carbons (Fsp3) is 0.462. The summed E-state index contributed by atoms with van der Waals surface area (Å²) in [6.07, 6.45) is 0. The Hall–Kier alpha value is -1.75. The van der Waals surface area contributed by atoms with Crippen LogP contribution in [0.25, 0.3) is 0 Å². The molecule has 18 heavy (non-hydrogen) atoms. The van der Waals surface area contributed by atoms with Crippen LogP contribution in [-0.2, 0) is 4.74 Å². The van der Waals surface area contributed by atoms with Crippen LogP contribution in [0.4, 0.5) is 5.69 Å². The zero-order valence-electron chi connectivity index (χ0n) is 10.6. The highest BCUT2D eigenvalue weighted by Crippen LogP contribution is 2.25. The highest BCUT2D eigenvalue weighted by Gasteiger charge is 2.34. The first kappa shape index (κ1) is 12.7. The Bertz CT molecular complexity index is 471. The maximum absolute atomic E-state index is 12.4. The molecule has 3 N–H and O–H groups in total. The van der Waals surface area contributed by atoms with E-state index >= 15 is 0 Å². The van der Waals surface area contributed by atoms with Crippen LogP contribution in [0.1, 0.15) is 24.2 Å². The van der Waals surface area contributed by atoms with Crippen molar-refractivity contribution in [3.8, 4) is 5.75 Å². The van der Waals surface area contributed by atoms with Crippen molar-refractivity contribution < 1.29 is 14.6 Å². The van der Waals surface area contributed by atoms with Gasteiger partial charge in [0.1, 0.15) is 5.75 Å². The number of carbonyl (C=O) groups is 1. The van der Waals surface area contributed by atoms with E-state index in [1.807, 2.05) is 13.8 Å². The fourth-order valence-corrected chi connectivity index (χ4v) is 2.07. The lowest BCUT2D eigenvalue weighted by Crippen LogP contribution is -2.55. The lowest BCUT2D eigenvalue weighted by molar-refractivity contribution is -0.0370. The van der Waals surface area contributed by atoms with Crippen LogP contribution < -0.4 is 5.73 Å². The van der Waals surface area contributed by atoms with E-state index in [0.29, 0.717) is 25.3 Å². The number of ether oxygens (including phenoxy) is 1. The highest BCUT2D eigenvalue weighted by molar-refractivity contribution is 5.95. The number of phenolic OH excluding ortho intramolecular Hbond substituents is 1. The molecule has 1 aromatic rings. The molecule has 1 aliphatic heterocycles. The number of phenols is 1. The number of nitrogen functional groups attached to an aromatic ring is 1. The van der Waals surface area contributed by atoms with Gasteiger partial charge in [0, 0.05) is 12.1 Å². The average molecular weight is 250 g/mol. The second-order valence-corrected chi connectivity index (χ2v) is 5.10. The lowest BCUT2D eigenvalue weighted by Gasteiger charge is -2.42. The standard InChI is InChI=1S/C13H18N2O3/c1-13(2)8-18-6-5-15(13)12(17)9-3-4-10(14)11(16)7-9/h3-4,7,16H,5-6,8,14H2,1-2H3. The average Bonchev–Trinajstić information content (AvgIpc) is 2.31. The van der Waals surface area contributed by atoms with Gasteiger partial charge in [-0.15, -0.1) is 0 Å². The van der Waals surface area contributed by atoms with Gasteiger partial charge in [-0.05, 0) is 32.0 Å². The summed E-state index contributed by atoms with van der Waals surface area (Å²) in [6, 6.07) is 4.57. The summed E-state index contributed by atoms with van der Waals surface area (Å²) in [5.41, 5.74) is 5.90. The molecule has 1 fully saturated rings. The molecule has 0 saturated carbocycles. The number of nitrogens with zero attached hydrogens (tertiary/aromatic N) is 1. The predicted octanol–water partition coefficient (Wildman–Crippen LogP) is 1.23. The van der Waals surface area contributed by atoms with E-state index < -0.39 is 0 Å². The zero-order chi connectivity index (χ0) is 13.3. The normalized spacial score (nSPS) is 18.7. The largest absolute Gasteiger partial charge is 0.506 e. The van der Waals surface area contributed by atoms with E-state index in [-0.39, 0.29) is 22.9 Å². The van der Waals surface area contributed by atoms with Crippen LogP contribution >= 0.6 is 0 Å². The summed E-state index contributed by atoms with van der Waals surface area (Å²) in [6.45, 7) is 5.52. The van der Waals surface area contributed by atoms with Crippen LogP contribution in [0.15, 0.2) is 18.2 Å². The molecule has 0 aliphatic carbocycles. The predicted molar refractivity (Wildman–Crippen MR) is 68.5 cm³/mol. The van der Waals surface area contributed by atoms with Gasteiger partial charge in [-0.1, -0.05) is 0 Å².